The fourth-order valence-electron chi connectivity index (χ4n) is 2.54. The van der Waals surface area contributed by atoms with Gasteiger partial charge in [0.05, 0.1) is 22.3 Å². The van der Waals surface area contributed by atoms with Crippen LogP contribution in [0.25, 0.3) is 11.0 Å². The lowest BCUT2D eigenvalue weighted by Gasteiger charge is -2.11. The van der Waals surface area contributed by atoms with E-state index in [1.165, 1.54) is 6.20 Å². The number of aromatic nitrogens is 3. The Labute approximate surface area is 161 Å². The first kappa shape index (κ1) is 18.8. The maximum absolute atomic E-state index is 12.5. The lowest BCUT2D eigenvalue weighted by molar-refractivity contribution is 0.0948. The van der Waals surface area contributed by atoms with Crippen molar-refractivity contribution in [2.24, 2.45) is 13.0 Å². The molecule has 0 radical (unpaired) electrons. The largest absolute Gasteiger partial charge is 0.352 e. The Bertz CT molecular complexity index is 1010. The van der Waals surface area contributed by atoms with Gasteiger partial charge in [0, 0.05) is 30.9 Å². The number of aryl methyl sites for hydroxylation is 1. The molecule has 2 aromatic heterocycles. The third-order valence-corrected chi connectivity index (χ3v) is 4.29. The number of anilines is 1. The van der Waals surface area contributed by atoms with E-state index >= 15 is 0 Å². The van der Waals surface area contributed by atoms with Gasteiger partial charge in [0.15, 0.2) is 5.65 Å². The second kappa shape index (κ2) is 7.75. The molecule has 1 aromatic carbocycles. The number of carbonyl (C=O) groups excluding carboxylic acids is 2. The van der Waals surface area contributed by atoms with Crippen molar-refractivity contribution in [3.8, 4) is 0 Å². The molecule has 7 nitrogen and oxygen atoms in total. The number of nitrogens with one attached hydrogen (secondary N) is 2. The van der Waals surface area contributed by atoms with Gasteiger partial charge < -0.3 is 10.6 Å². The summed E-state index contributed by atoms with van der Waals surface area (Å²) in [4.78, 5) is 28.9. The number of hydrogen-bond donors (Lipinski definition) is 2. The highest BCUT2D eigenvalue weighted by Gasteiger charge is 2.14. The predicted octanol–water partition coefficient (Wildman–Crippen LogP) is 3.26. The zero-order chi connectivity index (χ0) is 19.6. The summed E-state index contributed by atoms with van der Waals surface area (Å²) in [7, 11) is 1.79. The normalized spacial score (nSPS) is 11.0. The molecule has 8 heteroatoms. The summed E-state index contributed by atoms with van der Waals surface area (Å²) in [5.74, 6) is -0.212. The molecule has 0 spiro atoms. The summed E-state index contributed by atoms with van der Waals surface area (Å²) >= 11 is 6.21. The number of benzene rings is 1. The summed E-state index contributed by atoms with van der Waals surface area (Å²) in [5.41, 5.74) is 1.97. The second-order valence-corrected chi connectivity index (χ2v) is 7.06. The van der Waals surface area contributed by atoms with Crippen LogP contribution in [0, 0.1) is 5.92 Å². The van der Waals surface area contributed by atoms with E-state index in [0.717, 1.165) is 5.39 Å². The van der Waals surface area contributed by atoms with E-state index in [1.807, 2.05) is 13.8 Å². The summed E-state index contributed by atoms with van der Waals surface area (Å²) < 4.78 is 1.64. The van der Waals surface area contributed by atoms with Gasteiger partial charge in [0.2, 0.25) is 0 Å². The Kier molecular flexibility index (Phi) is 5.41. The van der Waals surface area contributed by atoms with Crippen LogP contribution in [0.4, 0.5) is 5.69 Å². The number of pyridine rings is 1. The van der Waals surface area contributed by atoms with E-state index in [1.54, 1.807) is 42.2 Å². The minimum absolute atomic E-state index is 0.238. The van der Waals surface area contributed by atoms with Crippen LogP contribution in [0.5, 0.6) is 0 Å². The smallest absolute Gasteiger partial charge is 0.257 e. The Balaban J connectivity index is 1.73. The van der Waals surface area contributed by atoms with Gasteiger partial charge >= 0.3 is 0 Å². The van der Waals surface area contributed by atoms with Gasteiger partial charge in [-0.15, -0.1) is 0 Å². The molecule has 27 heavy (non-hydrogen) atoms. The van der Waals surface area contributed by atoms with Crippen molar-refractivity contribution in [2.45, 2.75) is 13.8 Å². The van der Waals surface area contributed by atoms with Gasteiger partial charge in [0.1, 0.15) is 0 Å². The van der Waals surface area contributed by atoms with Crippen molar-refractivity contribution in [1.82, 2.24) is 20.1 Å². The molecular formula is C19H20ClN5O2. The lowest BCUT2D eigenvalue weighted by atomic mass is 10.1. The van der Waals surface area contributed by atoms with Crippen molar-refractivity contribution in [3.05, 3.63) is 52.8 Å². The first-order valence-electron chi connectivity index (χ1n) is 8.52. The minimum atomic E-state index is -0.318. The molecule has 0 aliphatic rings. The highest BCUT2D eigenvalue weighted by atomic mass is 35.5. The van der Waals surface area contributed by atoms with Crippen molar-refractivity contribution in [2.75, 3.05) is 11.9 Å². The first-order chi connectivity index (χ1) is 12.8. The van der Waals surface area contributed by atoms with E-state index in [2.05, 4.69) is 20.7 Å². The van der Waals surface area contributed by atoms with E-state index in [4.69, 9.17) is 11.6 Å². The predicted molar refractivity (Wildman–Crippen MR) is 105 cm³/mol. The van der Waals surface area contributed by atoms with E-state index < -0.39 is 0 Å². The number of nitrogens with zero attached hydrogens (tertiary/aromatic N) is 3. The first-order valence-corrected chi connectivity index (χ1v) is 8.90. The molecule has 3 aromatic rings. The molecule has 0 saturated heterocycles. The van der Waals surface area contributed by atoms with E-state index in [0.29, 0.717) is 34.9 Å². The Hall–Kier alpha value is -2.93. The Morgan fingerprint density at radius 2 is 1.96 bits per heavy atom. The highest BCUT2D eigenvalue weighted by Crippen LogP contribution is 2.22. The van der Waals surface area contributed by atoms with Crippen molar-refractivity contribution in [1.29, 1.82) is 0 Å². The molecule has 0 saturated carbocycles. The van der Waals surface area contributed by atoms with Gasteiger partial charge in [-0.2, -0.15) is 5.10 Å². The zero-order valence-electron chi connectivity index (χ0n) is 15.3. The highest BCUT2D eigenvalue weighted by molar-refractivity contribution is 6.34. The molecule has 2 N–H and O–H groups in total. The van der Waals surface area contributed by atoms with Crippen LogP contribution in [0.3, 0.4) is 0 Å². The number of amides is 2. The fourth-order valence-corrected chi connectivity index (χ4v) is 2.81. The molecule has 0 aliphatic heterocycles. The summed E-state index contributed by atoms with van der Waals surface area (Å²) in [6, 6.07) is 6.51. The van der Waals surface area contributed by atoms with Crippen molar-refractivity contribution in [3.63, 3.8) is 0 Å². The minimum Gasteiger partial charge on any atom is -0.352 e. The number of hydrogen-bond acceptors (Lipinski definition) is 4. The van der Waals surface area contributed by atoms with Crippen LogP contribution in [-0.4, -0.2) is 33.1 Å². The van der Waals surface area contributed by atoms with Gasteiger partial charge in [-0.3, -0.25) is 14.3 Å². The lowest BCUT2D eigenvalue weighted by Crippen LogP contribution is -2.27. The quantitative estimate of drug-likeness (QED) is 0.705. The molecule has 0 fully saturated rings. The third-order valence-electron chi connectivity index (χ3n) is 3.98. The third kappa shape index (κ3) is 4.25. The maximum Gasteiger partial charge on any atom is 0.257 e. The van der Waals surface area contributed by atoms with Crippen LogP contribution in [-0.2, 0) is 7.05 Å². The summed E-state index contributed by atoms with van der Waals surface area (Å²) in [5, 5.41) is 10.7. The second-order valence-electron chi connectivity index (χ2n) is 6.66. The molecule has 3 rings (SSSR count). The Morgan fingerprint density at radius 1 is 1.19 bits per heavy atom. The van der Waals surface area contributed by atoms with Crippen LogP contribution in [0.15, 0.2) is 36.7 Å². The maximum atomic E-state index is 12.5. The molecule has 0 atom stereocenters. The van der Waals surface area contributed by atoms with Crippen molar-refractivity contribution >= 4 is 40.1 Å². The molecule has 0 aliphatic carbocycles. The number of rotatable bonds is 5. The number of carbonyl (C=O) groups is 2. The van der Waals surface area contributed by atoms with Gasteiger partial charge in [-0.05, 0) is 30.2 Å². The summed E-state index contributed by atoms with van der Waals surface area (Å²) in [6.45, 7) is 4.59. The molecule has 2 heterocycles. The van der Waals surface area contributed by atoms with Gasteiger partial charge in [0.25, 0.3) is 11.8 Å². The molecule has 2 amide bonds. The molecule has 0 unspecified atom stereocenters. The zero-order valence-corrected chi connectivity index (χ0v) is 16.0. The van der Waals surface area contributed by atoms with E-state index in [9.17, 15) is 9.59 Å². The average molecular weight is 386 g/mol. The number of fused-ring (bicyclic) bond motifs is 1. The van der Waals surface area contributed by atoms with E-state index in [-0.39, 0.29) is 16.8 Å². The molecule has 140 valence electrons. The van der Waals surface area contributed by atoms with Crippen LogP contribution in [0.2, 0.25) is 5.02 Å². The van der Waals surface area contributed by atoms with Gasteiger partial charge in [-0.1, -0.05) is 25.4 Å². The number of halogens is 1. The Morgan fingerprint density at radius 3 is 2.67 bits per heavy atom. The van der Waals surface area contributed by atoms with Crippen LogP contribution >= 0.6 is 11.6 Å². The standard InChI is InChI=1S/C19H20ClN5O2/c1-11(2)8-22-19(27)15-5-4-14(7-16(15)20)24-18(26)13-6-12-10-23-25(3)17(12)21-9-13/h4-7,9-11H,8H2,1-3H3,(H,22,27)(H,24,26). The molecule has 0 bridgehead atoms. The van der Waals surface area contributed by atoms with Crippen LogP contribution < -0.4 is 10.6 Å². The van der Waals surface area contributed by atoms with Crippen LogP contribution in [0.1, 0.15) is 34.6 Å². The fraction of sp³-hybridized carbons (Fsp3) is 0.263. The molecular weight excluding hydrogens is 366 g/mol. The van der Waals surface area contributed by atoms with Crippen molar-refractivity contribution < 1.29 is 9.59 Å². The van der Waals surface area contributed by atoms with Gasteiger partial charge in [-0.25, -0.2) is 4.98 Å². The monoisotopic (exact) mass is 385 g/mol. The summed E-state index contributed by atoms with van der Waals surface area (Å²) in [6.07, 6.45) is 3.15. The topological polar surface area (TPSA) is 88.9 Å². The average Bonchev–Trinajstić information content (AvgIpc) is 3.00. The SMILES string of the molecule is CC(C)CNC(=O)c1ccc(NC(=O)c2cnc3c(cnn3C)c2)cc1Cl.